The summed E-state index contributed by atoms with van der Waals surface area (Å²) in [5, 5.41) is 3.74. The van der Waals surface area contributed by atoms with Gasteiger partial charge in [0.15, 0.2) is 5.11 Å². The number of hydrogen-bond donors (Lipinski definition) is 1. The van der Waals surface area contributed by atoms with E-state index in [-0.39, 0.29) is 12.0 Å². The Balaban J connectivity index is 2.48. The van der Waals surface area contributed by atoms with Crippen LogP contribution >= 0.6 is 12.2 Å². The van der Waals surface area contributed by atoms with Gasteiger partial charge in [-0.2, -0.15) is 0 Å². The van der Waals surface area contributed by atoms with E-state index in [0.29, 0.717) is 10.7 Å². The fraction of sp³-hybridized carbons (Fsp3) is 0.333. The number of thiocarbonyl (C=S) groups is 1. The molecule has 6 heteroatoms. The van der Waals surface area contributed by atoms with Crippen LogP contribution in [0, 0.1) is 0 Å². The summed E-state index contributed by atoms with van der Waals surface area (Å²) < 4.78 is 10.1. The van der Waals surface area contributed by atoms with Gasteiger partial charge in [-0.1, -0.05) is 12.1 Å². The number of rotatable bonds is 3. The predicted octanol–water partition coefficient (Wildman–Crippen LogP) is 2.00. The molecular formula is C15H18N2O3S. The van der Waals surface area contributed by atoms with E-state index in [4.69, 9.17) is 21.7 Å². The minimum absolute atomic E-state index is 0.327. The van der Waals surface area contributed by atoms with Crippen LogP contribution in [0.15, 0.2) is 35.5 Å². The molecule has 21 heavy (non-hydrogen) atoms. The summed E-state index contributed by atoms with van der Waals surface area (Å²) in [6, 6.07) is 7.18. The van der Waals surface area contributed by atoms with Gasteiger partial charge in [0, 0.05) is 12.7 Å². The molecule has 1 atom stereocenters. The molecule has 0 amide bonds. The third-order valence-electron chi connectivity index (χ3n) is 3.61. The normalized spacial score (nSPS) is 18.4. The van der Waals surface area contributed by atoms with Gasteiger partial charge in [-0.05, 0) is 36.8 Å². The molecule has 0 unspecified atom stereocenters. The summed E-state index contributed by atoms with van der Waals surface area (Å²) in [6.45, 7) is 1.86. The minimum atomic E-state index is -0.366. The van der Waals surface area contributed by atoms with E-state index < -0.39 is 0 Å². The van der Waals surface area contributed by atoms with Crippen molar-refractivity contribution in [2.75, 3.05) is 21.3 Å². The zero-order valence-electron chi connectivity index (χ0n) is 12.5. The second kappa shape index (κ2) is 6.13. The molecule has 0 saturated carbocycles. The molecule has 1 aromatic rings. The van der Waals surface area contributed by atoms with Crippen LogP contribution < -0.4 is 10.1 Å². The van der Waals surface area contributed by atoms with Gasteiger partial charge in [0.05, 0.1) is 25.8 Å². The number of allylic oxidation sites excluding steroid dienone is 1. The van der Waals surface area contributed by atoms with Gasteiger partial charge in [0.1, 0.15) is 5.75 Å². The van der Waals surface area contributed by atoms with Gasteiger partial charge in [-0.3, -0.25) is 0 Å². The third kappa shape index (κ3) is 2.85. The lowest BCUT2D eigenvalue weighted by Gasteiger charge is -2.35. The predicted molar refractivity (Wildman–Crippen MR) is 83.9 cm³/mol. The summed E-state index contributed by atoms with van der Waals surface area (Å²) in [4.78, 5) is 13.9. The van der Waals surface area contributed by atoms with Gasteiger partial charge in [0.2, 0.25) is 0 Å². The number of carbonyl (C=O) groups is 1. The van der Waals surface area contributed by atoms with Gasteiger partial charge < -0.3 is 19.7 Å². The number of ether oxygens (including phenoxy) is 2. The average Bonchev–Trinajstić information content (AvgIpc) is 2.51. The first kappa shape index (κ1) is 15.3. The van der Waals surface area contributed by atoms with Crippen LogP contribution in [0.2, 0.25) is 0 Å². The maximum Gasteiger partial charge on any atom is 0.337 e. The summed E-state index contributed by atoms with van der Waals surface area (Å²) in [5.74, 6) is 0.393. The molecule has 1 N–H and O–H groups in total. The molecule has 2 rings (SSSR count). The summed E-state index contributed by atoms with van der Waals surface area (Å²) in [5.41, 5.74) is 2.26. The van der Waals surface area contributed by atoms with E-state index >= 15 is 0 Å². The fourth-order valence-electron chi connectivity index (χ4n) is 2.26. The van der Waals surface area contributed by atoms with E-state index in [2.05, 4.69) is 5.32 Å². The molecular weight excluding hydrogens is 288 g/mol. The Labute approximate surface area is 129 Å². The Morgan fingerprint density at radius 3 is 2.43 bits per heavy atom. The van der Waals surface area contributed by atoms with Crippen molar-refractivity contribution in [2.24, 2.45) is 0 Å². The van der Waals surface area contributed by atoms with Crippen molar-refractivity contribution in [3.8, 4) is 5.75 Å². The van der Waals surface area contributed by atoms with Crippen LogP contribution in [0.1, 0.15) is 18.5 Å². The lowest BCUT2D eigenvalue weighted by molar-refractivity contribution is -0.136. The standard InChI is InChI=1S/C15H18N2O3S/c1-9-12(14(18)20-4)13(16-15(21)17(9)2)10-5-7-11(19-3)8-6-10/h5-8,13H,1-4H3,(H,16,21)/t13-/m0/s1. The number of nitrogens with zero attached hydrogens (tertiary/aromatic N) is 1. The first-order valence-corrected chi connectivity index (χ1v) is 6.87. The lowest BCUT2D eigenvalue weighted by Crippen LogP contribution is -2.46. The first-order valence-electron chi connectivity index (χ1n) is 6.46. The third-order valence-corrected chi connectivity index (χ3v) is 4.00. The second-order valence-corrected chi connectivity index (χ2v) is 5.09. The molecule has 1 aliphatic rings. The molecule has 1 heterocycles. The van der Waals surface area contributed by atoms with Crippen molar-refractivity contribution in [2.45, 2.75) is 13.0 Å². The van der Waals surface area contributed by atoms with Crippen LogP contribution in [-0.2, 0) is 9.53 Å². The number of nitrogens with one attached hydrogen (secondary N) is 1. The van der Waals surface area contributed by atoms with E-state index in [1.54, 1.807) is 12.0 Å². The van der Waals surface area contributed by atoms with Gasteiger partial charge in [0.25, 0.3) is 0 Å². The largest absolute Gasteiger partial charge is 0.497 e. The quantitative estimate of drug-likeness (QED) is 0.681. The van der Waals surface area contributed by atoms with Gasteiger partial charge >= 0.3 is 5.97 Å². The zero-order valence-corrected chi connectivity index (χ0v) is 13.3. The maximum absolute atomic E-state index is 12.1. The Morgan fingerprint density at radius 2 is 1.90 bits per heavy atom. The molecule has 5 nitrogen and oxygen atoms in total. The van der Waals surface area contributed by atoms with Crippen LogP contribution in [0.3, 0.4) is 0 Å². The number of benzene rings is 1. The highest BCUT2D eigenvalue weighted by Gasteiger charge is 2.32. The second-order valence-electron chi connectivity index (χ2n) is 4.71. The monoisotopic (exact) mass is 306 g/mol. The van der Waals surface area contributed by atoms with Crippen molar-refractivity contribution in [1.82, 2.24) is 10.2 Å². The number of esters is 1. The SMILES string of the molecule is COC(=O)C1=C(C)N(C)C(=S)N[C@H]1c1ccc(OC)cc1. The van der Waals surface area contributed by atoms with E-state index in [0.717, 1.165) is 17.0 Å². The summed E-state index contributed by atoms with van der Waals surface area (Å²) in [6.07, 6.45) is 0. The molecule has 0 saturated heterocycles. The van der Waals surface area contributed by atoms with Crippen LogP contribution in [0.25, 0.3) is 0 Å². The molecule has 0 aliphatic carbocycles. The lowest BCUT2D eigenvalue weighted by atomic mass is 9.95. The van der Waals surface area contributed by atoms with Crippen molar-refractivity contribution >= 4 is 23.3 Å². The first-order chi connectivity index (χ1) is 9.99. The molecule has 112 valence electrons. The topological polar surface area (TPSA) is 50.8 Å². The Bertz CT molecular complexity index is 595. The molecule has 0 bridgehead atoms. The Kier molecular flexibility index (Phi) is 4.47. The zero-order chi connectivity index (χ0) is 15.6. The highest BCUT2D eigenvalue weighted by molar-refractivity contribution is 7.80. The smallest absolute Gasteiger partial charge is 0.337 e. The van der Waals surface area contributed by atoms with E-state index in [1.165, 1.54) is 7.11 Å². The highest BCUT2D eigenvalue weighted by atomic mass is 32.1. The van der Waals surface area contributed by atoms with E-state index in [9.17, 15) is 4.79 Å². The molecule has 0 spiro atoms. The van der Waals surface area contributed by atoms with Crippen LogP contribution in [0.5, 0.6) is 5.75 Å². The molecule has 1 aromatic carbocycles. The minimum Gasteiger partial charge on any atom is -0.497 e. The molecule has 0 aromatic heterocycles. The Morgan fingerprint density at radius 1 is 1.29 bits per heavy atom. The van der Waals surface area contributed by atoms with Crippen molar-refractivity contribution in [3.63, 3.8) is 0 Å². The van der Waals surface area contributed by atoms with Crippen molar-refractivity contribution in [1.29, 1.82) is 0 Å². The van der Waals surface area contributed by atoms with Gasteiger partial charge in [-0.15, -0.1) is 0 Å². The summed E-state index contributed by atoms with van der Waals surface area (Å²) in [7, 11) is 4.81. The number of carbonyl (C=O) groups excluding carboxylic acids is 1. The van der Waals surface area contributed by atoms with Crippen molar-refractivity contribution < 1.29 is 14.3 Å². The van der Waals surface area contributed by atoms with Crippen LogP contribution in [0.4, 0.5) is 0 Å². The maximum atomic E-state index is 12.1. The molecule has 0 fully saturated rings. The van der Waals surface area contributed by atoms with Gasteiger partial charge in [-0.25, -0.2) is 4.79 Å². The van der Waals surface area contributed by atoms with Crippen molar-refractivity contribution in [3.05, 3.63) is 41.1 Å². The molecule has 0 radical (unpaired) electrons. The average molecular weight is 306 g/mol. The van der Waals surface area contributed by atoms with E-state index in [1.807, 2.05) is 38.2 Å². The molecule has 1 aliphatic heterocycles. The fourth-order valence-corrected chi connectivity index (χ4v) is 2.51. The van der Waals surface area contributed by atoms with Crippen LogP contribution in [-0.4, -0.2) is 37.2 Å². The Hall–Kier alpha value is -2.08. The number of methoxy groups -OCH3 is 2. The highest BCUT2D eigenvalue weighted by Crippen LogP contribution is 2.31. The number of hydrogen-bond acceptors (Lipinski definition) is 4. The summed E-state index contributed by atoms with van der Waals surface area (Å²) >= 11 is 5.31.